The number of aliphatic imine (C=N–C) groups is 1. The first-order valence-electron chi connectivity index (χ1n) is 10.8. The van der Waals surface area contributed by atoms with Crippen LogP contribution in [0, 0.1) is 6.92 Å². The van der Waals surface area contributed by atoms with Crippen LogP contribution in [0.1, 0.15) is 42.3 Å². The zero-order valence-corrected chi connectivity index (χ0v) is 20.7. The van der Waals surface area contributed by atoms with Gasteiger partial charge < -0.3 is 25.3 Å². The second-order valence-electron chi connectivity index (χ2n) is 7.54. The molecular weight excluding hydrogens is 505 g/mol. The van der Waals surface area contributed by atoms with Crippen molar-refractivity contribution < 1.29 is 9.21 Å². The van der Waals surface area contributed by atoms with E-state index in [0.29, 0.717) is 24.9 Å². The number of furan rings is 1. The summed E-state index contributed by atoms with van der Waals surface area (Å²) in [6.07, 6.45) is 4.47. The number of halogens is 1. The largest absolute Gasteiger partial charge is 0.459 e. The molecule has 3 N–H and O–H groups in total. The number of para-hydroxylation sites is 1. The number of nitrogens with zero attached hydrogens (tertiary/aromatic N) is 2. The van der Waals surface area contributed by atoms with Gasteiger partial charge in [0.25, 0.3) is 5.91 Å². The fourth-order valence-corrected chi connectivity index (χ4v) is 3.59. The Hall–Kier alpha value is -2.23. The van der Waals surface area contributed by atoms with E-state index in [0.717, 1.165) is 50.4 Å². The molecule has 0 unspecified atom stereocenters. The molecule has 8 heteroatoms. The molecule has 1 aliphatic rings. The van der Waals surface area contributed by atoms with Crippen LogP contribution in [0.15, 0.2) is 52.1 Å². The van der Waals surface area contributed by atoms with Crippen LogP contribution in [0.3, 0.4) is 0 Å². The highest BCUT2D eigenvalue weighted by Gasteiger charge is 2.20. The van der Waals surface area contributed by atoms with E-state index in [-0.39, 0.29) is 29.9 Å². The van der Waals surface area contributed by atoms with Gasteiger partial charge >= 0.3 is 0 Å². The Labute approximate surface area is 202 Å². The molecule has 1 amide bonds. The molecule has 170 valence electrons. The van der Waals surface area contributed by atoms with Crippen molar-refractivity contribution in [3.8, 4) is 0 Å². The maximum atomic E-state index is 12.0. The van der Waals surface area contributed by atoms with Crippen molar-refractivity contribution in [2.24, 2.45) is 4.99 Å². The van der Waals surface area contributed by atoms with E-state index in [4.69, 9.17) is 4.42 Å². The number of guanidine groups is 1. The molecule has 2 aromatic rings. The van der Waals surface area contributed by atoms with Gasteiger partial charge in [-0.25, -0.2) is 0 Å². The maximum Gasteiger partial charge on any atom is 0.287 e. The van der Waals surface area contributed by atoms with Crippen molar-refractivity contribution in [2.75, 3.05) is 37.6 Å². The molecular formula is C23H34IN5O2. The Morgan fingerprint density at radius 3 is 2.55 bits per heavy atom. The topological polar surface area (TPSA) is 81.9 Å². The average molecular weight is 539 g/mol. The zero-order chi connectivity index (χ0) is 21.2. The van der Waals surface area contributed by atoms with Gasteiger partial charge in [-0.05, 0) is 51.3 Å². The number of amides is 1. The van der Waals surface area contributed by atoms with Crippen LogP contribution < -0.4 is 20.9 Å². The van der Waals surface area contributed by atoms with Gasteiger partial charge in [0.2, 0.25) is 0 Å². The number of rotatable bonds is 8. The fraction of sp³-hybridized carbons (Fsp3) is 0.478. The normalized spacial score (nSPS) is 14.6. The van der Waals surface area contributed by atoms with Crippen LogP contribution in [0.4, 0.5) is 5.69 Å². The highest BCUT2D eigenvalue weighted by molar-refractivity contribution is 14.0. The van der Waals surface area contributed by atoms with E-state index in [9.17, 15) is 4.79 Å². The predicted molar refractivity (Wildman–Crippen MR) is 137 cm³/mol. The Kier molecular flexibility index (Phi) is 10.7. The van der Waals surface area contributed by atoms with Crippen molar-refractivity contribution in [3.63, 3.8) is 0 Å². The monoisotopic (exact) mass is 539 g/mol. The molecule has 3 rings (SSSR count). The Balaban J connectivity index is 0.00000341. The van der Waals surface area contributed by atoms with Crippen LogP contribution >= 0.6 is 24.0 Å². The third-order valence-electron chi connectivity index (χ3n) is 5.26. The van der Waals surface area contributed by atoms with E-state index in [1.165, 1.54) is 12.0 Å². The molecule has 1 aromatic carbocycles. The average Bonchev–Trinajstić information content (AvgIpc) is 3.20. The summed E-state index contributed by atoms with van der Waals surface area (Å²) in [4.78, 5) is 19.2. The van der Waals surface area contributed by atoms with Gasteiger partial charge in [-0.2, -0.15) is 0 Å². The summed E-state index contributed by atoms with van der Waals surface area (Å²) in [5, 5.41) is 9.78. The van der Waals surface area contributed by atoms with Crippen LogP contribution in [-0.2, 0) is 0 Å². The van der Waals surface area contributed by atoms with Crippen LogP contribution in [-0.4, -0.2) is 50.6 Å². The summed E-state index contributed by atoms with van der Waals surface area (Å²) in [6, 6.07) is 12.8. The third-order valence-corrected chi connectivity index (χ3v) is 5.26. The van der Waals surface area contributed by atoms with E-state index in [1.54, 1.807) is 6.07 Å². The number of carbonyl (C=O) groups is 1. The number of nitrogens with one attached hydrogen (secondary N) is 3. The van der Waals surface area contributed by atoms with E-state index < -0.39 is 0 Å². The number of carbonyl (C=O) groups excluding carboxylic acids is 1. The first-order valence-corrected chi connectivity index (χ1v) is 10.8. The lowest BCUT2D eigenvalue weighted by Crippen LogP contribution is -2.48. The summed E-state index contributed by atoms with van der Waals surface area (Å²) >= 11 is 0. The first kappa shape index (κ1) is 25.0. The van der Waals surface area contributed by atoms with Gasteiger partial charge in [0.05, 0.1) is 6.26 Å². The molecule has 0 saturated carbocycles. The number of hydrogen-bond acceptors (Lipinski definition) is 4. The van der Waals surface area contributed by atoms with Crippen LogP contribution in [0.25, 0.3) is 0 Å². The molecule has 1 fully saturated rings. The summed E-state index contributed by atoms with van der Waals surface area (Å²) in [6.45, 7) is 8.05. The number of aryl methyl sites for hydroxylation is 1. The van der Waals surface area contributed by atoms with Gasteiger partial charge in [0, 0.05) is 50.0 Å². The number of benzene rings is 1. The highest BCUT2D eigenvalue weighted by atomic mass is 127. The lowest BCUT2D eigenvalue weighted by atomic mass is 10.0. The number of piperidine rings is 1. The molecule has 0 bridgehead atoms. The number of hydrogen-bond donors (Lipinski definition) is 3. The molecule has 0 radical (unpaired) electrons. The predicted octanol–water partition coefficient (Wildman–Crippen LogP) is 3.55. The molecule has 0 aliphatic carbocycles. The third kappa shape index (κ3) is 7.75. The molecule has 2 heterocycles. The van der Waals surface area contributed by atoms with Crippen molar-refractivity contribution >= 4 is 41.5 Å². The van der Waals surface area contributed by atoms with Gasteiger partial charge in [-0.15, -0.1) is 24.0 Å². The Morgan fingerprint density at radius 2 is 1.90 bits per heavy atom. The van der Waals surface area contributed by atoms with Gasteiger partial charge in [0.1, 0.15) is 0 Å². The molecule has 0 atom stereocenters. The second kappa shape index (κ2) is 13.2. The lowest BCUT2D eigenvalue weighted by Gasteiger charge is -2.34. The van der Waals surface area contributed by atoms with Crippen molar-refractivity contribution in [3.05, 3.63) is 54.0 Å². The van der Waals surface area contributed by atoms with E-state index in [1.807, 2.05) is 6.92 Å². The Morgan fingerprint density at radius 1 is 1.16 bits per heavy atom. The smallest absolute Gasteiger partial charge is 0.287 e. The minimum atomic E-state index is -0.170. The number of anilines is 1. The minimum Gasteiger partial charge on any atom is -0.459 e. The van der Waals surface area contributed by atoms with Crippen LogP contribution in [0.2, 0.25) is 0 Å². The van der Waals surface area contributed by atoms with E-state index >= 15 is 0 Å². The molecule has 1 aromatic heterocycles. The fourth-order valence-electron chi connectivity index (χ4n) is 3.59. The summed E-state index contributed by atoms with van der Waals surface area (Å²) in [5.74, 6) is 1.07. The molecule has 1 aliphatic heterocycles. The van der Waals surface area contributed by atoms with Crippen LogP contribution in [0.5, 0.6) is 0 Å². The standard InChI is InChI=1S/C23H33N5O2.HI/c1-3-24-23(26-14-7-13-25-22(29)21-18(2)12-17-30-21)27-19-10-15-28(16-11-19)20-8-5-4-6-9-20;/h4-6,8-9,12,17,19H,3,7,10-11,13-16H2,1-2H3,(H,25,29)(H2,24,26,27);1H. The SMILES string of the molecule is CCNC(=NCCCNC(=O)c1occc1C)NC1CCN(c2ccccc2)CC1.I. The highest BCUT2D eigenvalue weighted by Crippen LogP contribution is 2.19. The zero-order valence-electron chi connectivity index (χ0n) is 18.4. The van der Waals surface area contributed by atoms with Crippen molar-refractivity contribution in [1.29, 1.82) is 0 Å². The molecule has 1 saturated heterocycles. The summed E-state index contributed by atoms with van der Waals surface area (Å²) in [7, 11) is 0. The van der Waals surface area contributed by atoms with Crippen molar-refractivity contribution in [1.82, 2.24) is 16.0 Å². The second-order valence-corrected chi connectivity index (χ2v) is 7.54. The summed E-state index contributed by atoms with van der Waals surface area (Å²) < 4.78 is 5.21. The van der Waals surface area contributed by atoms with Gasteiger partial charge in [-0.3, -0.25) is 9.79 Å². The minimum absolute atomic E-state index is 0. The first-order chi connectivity index (χ1) is 14.7. The van der Waals surface area contributed by atoms with Gasteiger partial charge in [0.15, 0.2) is 11.7 Å². The Bertz CT molecular complexity index is 816. The molecule has 7 nitrogen and oxygen atoms in total. The lowest BCUT2D eigenvalue weighted by molar-refractivity contribution is 0.0925. The van der Waals surface area contributed by atoms with Gasteiger partial charge in [-0.1, -0.05) is 18.2 Å². The van der Waals surface area contributed by atoms with Crippen molar-refractivity contribution in [2.45, 2.75) is 39.2 Å². The molecule has 0 spiro atoms. The van der Waals surface area contributed by atoms with E-state index in [2.05, 4.69) is 63.1 Å². The maximum absolute atomic E-state index is 12.0. The quantitative estimate of drug-likeness (QED) is 0.207. The molecule has 31 heavy (non-hydrogen) atoms. The summed E-state index contributed by atoms with van der Waals surface area (Å²) in [5.41, 5.74) is 2.14.